The predicted molar refractivity (Wildman–Crippen MR) is 197 cm³/mol. The van der Waals surface area contributed by atoms with E-state index in [0.29, 0.717) is 17.5 Å². The predicted octanol–water partition coefficient (Wildman–Crippen LogP) is 10.0. The van der Waals surface area contributed by atoms with Gasteiger partial charge in [-0.2, -0.15) is 0 Å². The van der Waals surface area contributed by atoms with Crippen LogP contribution in [0.3, 0.4) is 0 Å². The Balaban J connectivity index is 1.24. The first-order valence-electron chi connectivity index (χ1n) is 14.6. The highest BCUT2D eigenvalue weighted by molar-refractivity contribution is 6.67. The van der Waals surface area contributed by atoms with Crippen LogP contribution in [-0.4, -0.2) is 46.6 Å². The molecule has 244 valence electrons. The summed E-state index contributed by atoms with van der Waals surface area (Å²) >= 11 is 36.0. The number of carbonyl (C=O) groups excluding carboxylic acids is 1. The molecule has 0 amide bonds. The van der Waals surface area contributed by atoms with Crippen molar-refractivity contribution in [1.29, 1.82) is 0 Å². The molecule has 0 spiro atoms. The number of benzene rings is 4. The SMILES string of the molecule is CN(C)c1ccc2c(-c3ccccc3C(=O)OCCc3ccc(-c4nc(C(Cl)(Cl)Cl)nc(C(Cl)(Cl)Cl)n4)cc3)c3ccccc3nc2c1. The van der Waals surface area contributed by atoms with E-state index < -0.39 is 13.6 Å². The summed E-state index contributed by atoms with van der Waals surface area (Å²) in [5, 5.41) is 1.89. The Bertz CT molecular complexity index is 2120. The topological polar surface area (TPSA) is 81.1 Å². The Morgan fingerprint density at radius 3 is 2.00 bits per heavy atom. The Kier molecular flexibility index (Phi) is 9.92. The van der Waals surface area contributed by atoms with Gasteiger partial charge in [-0.25, -0.2) is 24.7 Å². The molecule has 0 atom stereocenters. The standard InChI is InChI=1S/C35H25Cl6N5O2/c1-46(2)22-15-16-26-28(19-22)42-27-10-6-5-9-25(27)29(26)23-7-3-4-8-24(23)31(47)48-18-17-20-11-13-21(14-12-20)30-43-32(34(36,37)38)45-33(44-30)35(39,40)41/h3-16,19H,17-18H2,1-2H3. The molecule has 0 radical (unpaired) electrons. The number of rotatable bonds is 7. The normalized spacial score (nSPS) is 12.0. The van der Waals surface area contributed by atoms with Gasteiger partial charge >= 0.3 is 5.97 Å². The molecule has 0 saturated heterocycles. The van der Waals surface area contributed by atoms with Gasteiger partial charge < -0.3 is 9.64 Å². The van der Waals surface area contributed by atoms with Crippen molar-refractivity contribution in [3.63, 3.8) is 0 Å². The molecule has 0 saturated carbocycles. The van der Waals surface area contributed by atoms with Crippen molar-refractivity contribution in [2.24, 2.45) is 0 Å². The number of aromatic nitrogens is 4. The molecule has 0 N–H and O–H groups in total. The van der Waals surface area contributed by atoms with Crippen molar-refractivity contribution in [2.45, 2.75) is 14.0 Å². The highest BCUT2D eigenvalue weighted by Gasteiger charge is 2.34. The number of pyridine rings is 1. The molecular weight excluding hydrogens is 735 g/mol. The lowest BCUT2D eigenvalue weighted by Gasteiger charge is -2.17. The van der Waals surface area contributed by atoms with Crippen LogP contribution in [0, 0.1) is 0 Å². The van der Waals surface area contributed by atoms with Gasteiger partial charge in [0.15, 0.2) is 17.5 Å². The maximum atomic E-state index is 13.6. The molecule has 6 aromatic rings. The van der Waals surface area contributed by atoms with Gasteiger partial charge in [-0.05, 0) is 35.4 Å². The number of fused-ring (bicyclic) bond motifs is 2. The summed E-state index contributed by atoms with van der Waals surface area (Å²) < 4.78 is 1.89. The van der Waals surface area contributed by atoms with Gasteiger partial charge in [0.1, 0.15) is 0 Å². The molecule has 2 heterocycles. The fourth-order valence-electron chi connectivity index (χ4n) is 5.25. The second-order valence-electron chi connectivity index (χ2n) is 11.0. The molecule has 0 aliphatic heterocycles. The zero-order chi connectivity index (χ0) is 34.2. The summed E-state index contributed by atoms with van der Waals surface area (Å²) in [5.41, 5.74) is 6.36. The van der Waals surface area contributed by atoms with Crippen LogP contribution in [-0.2, 0) is 18.7 Å². The van der Waals surface area contributed by atoms with Gasteiger partial charge in [-0.15, -0.1) is 0 Å². The van der Waals surface area contributed by atoms with Crippen LogP contribution < -0.4 is 4.90 Å². The molecular formula is C35H25Cl6N5O2. The van der Waals surface area contributed by atoms with Gasteiger partial charge in [-0.3, -0.25) is 0 Å². The molecule has 0 bridgehead atoms. The lowest BCUT2D eigenvalue weighted by atomic mass is 9.92. The highest BCUT2D eigenvalue weighted by atomic mass is 35.6. The van der Waals surface area contributed by atoms with Crippen LogP contribution in [0.4, 0.5) is 5.69 Å². The number of ether oxygens (including phenoxy) is 1. The van der Waals surface area contributed by atoms with Gasteiger partial charge in [0, 0.05) is 48.1 Å². The fraction of sp³-hybridized carbons (Fsp3) is 0.171. The molecule has 13 heteroatoms. The number of carbonyl (C=O) groups is 1. The largest absolute Gasteiger partial charge is 0.462 e. The Morgan fingerprint density at radius 2 is 1.33 bits per heavy atom. The molecule has 4 aromatic carbocycles. The average Bonchev–Trinajstić information content (AvgIpc) is 3.06. The molecule has 0 aliphatic carbocycles. The fourth-order valence-corrected chi connectivity index (χ4v) is 5.75. The maximum absolute atomic E-state index is 13.6. The highest BCUT2D eigenvalue weighted by Crippen LogP contribution is 2.41. The van der Waals surface area contributed by atoms with E-state index in [9.17, 15) is 4.79 Å². The van der Waals surface area contributed by atoms with Gasteiger partial charge in [0.2, 0.25) is 7.59 Å². The average molecular weight is 760 g/mol. The quantitative estimate of drug-likeness (QED) is 0.0911. The van der Waals surface area contributed by atoms with E-state index in [1.54, 1.807) is 18.2 Å². The second-order valence-corrected chi connectivity index (χ2v) is 15.6. The van der Waals surface area contributed by atoms with Crippen molar-refractivity contribution in [3.8, 4) is 22.5 Å². The smallest absolute Gasteiger partial charge is 0.338 e. The van der Waals surface area contributed by atoms with Gasteiger partial charge in [0.25, 0.3) is 0 Å². The third-order valence-corrected chi connectivity index (χ3v) is 8.59. The Labute approximate surface area is 306 Å². The molecule has 2 aromatic heterocycles. The number of hydrogen-bond acceptors (Lipinski definition) is 7. The summed E-state index contributed by atoms with van der Waals surface area (Å²) in [7, 11) is 3.98. The monoisotopic (exact) mass is 757 g/mol. The van der Waals surface area contributed by atoms with E-state index >= 15 is 0 Å². The van der Waals surface area contributed by atoms with E-state index in [-0.39, 0.29) is 24.1 Å². The van der Waals surface area contributed by atoms with Crippen LogP contribution >= 0.6 is 69.6 Å². The van der Waals surface area contributed by atoms with Crippen molar-refractivity contribution in [2.75, 3.05) is 25.6 Å². The lowest BCUT2D eigenvalue weighted by molar-refractivity contribution is 0.0510. The first kappa shape index (κ1) is 34.4. The van der Waals surface area contributed by atoms with Crippen LogP contribution in [0.15, 0.2) is 91.0 Å². The van der Waals surface area contributed by atoms with Crippen LogP contribution in [0.1, 0.15) is 27.6 Å². The van der Waals surface area contributed by atoms with Gasteiger partial charge in [-0.1, -0.05) is 136 Å². The summed E-state index contributed by atoms with van der Waals surface area (Å²) in [5.74, 6) is -0.622. The molecule has 7 nitrogen and oxygen atoms in total. The lowest BCUT2D eigenvalue weighted by Crippen LogP contribution is -2.16. The minimum Gasteiger partial charge on any atom is -0.462 e. The molecule has 0 fully saturated rings. The third kappa shape index (κ3) is 7.42. The third-order valence-electron chi connectivity index (χ3n) is 7.58. The minimum absolute atomic E-state index is 0.150. The Hall–Kier alpha value is -3.43. The first-order chi connectivity index (χ1) is 22.8. The van der Waals surface area contributed by atoms with Crippen molar-refractivity contribution >= 4 is 103 Å². The van der Waals surface area contributed by atoms with E-state index in [2.05, 4.69) is 33.2 Å². The first-order valence-corrected chi connectivity index (χ1v) is 16.8. The van der Waals surface area contributed by atoms with E-state index in [4.69, 9.17) is 79.3 Å². The molecule has 0 unspecified atom stereocenters. The van der Waals surface area contributed by atoms with Crippen LogP contribution in [0.5, 0.6) is 0 Å². The maximum Gasteiger partial charge on any atom is 0.338 e. The van der Waals surface area contributed by atoms with Gasteiger partial charge in [0.05, 0.1) is 23.2 Å². The Morgan fingerprint density at radius 1 is 0.708 bits per heavy atom. The summed E-state index contributed by atoms with van der Waals surface area (Å²) in [6.07, 6.45) is 0.457. The number of halogens is 6. The van der Waals surface area contributed by atoms with Crippen LogP contribution in [0.25, 0.3) is 44.3 Å². The zero-order valence-electron chi connectivity index (χ0n) is 25.4. The molecule has 48 heavy (non-hydrogen) atoms. The number of anilines is 1. The van der Waals surface area contributed by atoms with Crippen molar-refractivity contribution in [3.05, 3.63) is 114 Å². The number of hydrogen-bond donors (Lipinski definition) is 0. The van der Waals surface area contributed by atoms with E-state index in [1.807, 2.05) is 73.6 Å². The number of para-hydroxylation sites is 1. The summed E-state index contributed by atoms with van der Waals surface area (Å²) in [6.45, 7) is 0.150. The van der Waals surface area contributed by atoms with Crippen molar-refractivity contribution < 1.29 is 9.53 Å². The summed E-state index contributed by atoms with van der Waals surface area (Å²) in [4.78, 5) is 33.0. The second kappa shape index (κ2) is 13.8. The van der Waals surface area contributed by atoms with E-state index in [1.165, 1.54) is 0 Å². The number of esters is 1. The summed E-state index contributed by atoms with van der Waals surface area (Å²) in [6, 6.07) is 28.8. The van der Waals surface area contributed by atoms with E-state index in [0.717, 1.165) is 44.2 Å². The number of alkyl halides is 6. The zero-order valence-corrected chi connectivity index (χ0v) is 29.9. The molecule has 6 rings (SSSR count). The van der Waals surface area contributed by atoms with Crippen LogP contribution in [0.2, 0.25) is 0 Å². The molecule has 0 aliphatic rings. The minimum atomic E-state index is -1.96. The van der Waals surface area contributed by atoms with Crippen molar-refractivity contribution in [1.82, 2.24) is 19.9 Å². The number of nitrogens with zero attached hydrogens (tertiary/aromatic N) is 5.